The molecule has 2 fully saturated rings. The standard InChI is InChI=1S/C16H31N/c1-16(2)12-8-11-15(16)17-13-14-9-6-4-3-5-7-10-14/h14-15,17H,3-13H2,1-2H3. The van der Waals surface area contributed by atoms with Crippen molar-refractivity contribution in [3.05, 3.63) is 0 Å². The van der Waals surface area contributed by atoms with Gasteiger partial charge in [0.05, 0.1) is 0 Å². The predicted octanol–water partition coefficient (Wildman–Crippen LogP) is 4.52. The van der Waals surface area contributed by atoms with E-state index in [1.54, 1.807) is 0 Å². The van der Waals surface area contributed by atoms with E-state index in [9.17, 15) is 0 Å². The number of rotatable bonds is 3. The summed E-state index contributed by atoms with van der Waals surface area (Å²) in [6.07, 6.45) is 14.6. The van der Waals surface area contributed by atoms with Crippen LogP contribution >= 0.6 is 0 Å². The van der Waals surface area contributed by atoms with Gasteiger partial charge in [-0.05, 0) is 43.6 Å². The van der Waals surface area contributed by atoms with Crippen LogP contribution in [0.5, 0.6) is 0 Å². The van der Waals surface area contributed by atoms with E-state index in [4.69, 9.17) is 0 Å². The number of nitrogens with one attached hydrogen (secondary N) is 1. The summed E-state index contributed by atoms with van der Waals surface area (Å²) in [5.74, 6) is 0.965. The van der Waals surface area contributed by atoms with Crippen LogP contribution in [-0.4, -0.2) is 12.6 Å². The fourth-order valence-electron chi connectivity index (χ4n) is 3.76. The molecule has 0 bridgehead atoms. The van der Waals surface area contributed by atoms with Crippen LogP contribution in [0.2, 0.25) is 0 Å². The van der Waals surface area contributed by atoms with Gasteiger partial charge < -0.3 is 5.32 Å². The van der Waals surface area contributed by atoms with Gasteiger partial charge in [0.1, 0.15) is 0 Å². The van der Waals surface area contributed by atoms with Gasteiger partial charge in [0, 0.05) is 6.04 Å². The summed E-state index contributed by atoms with van der Waals surface area (Å²) >= 11 is 0. The van der Waals surface area contributed by atoms with Crippen molar-refractivity contribution in [1.82, 2.24) is 5.32 Å². The molecule has 0 spiro atoms. The molecule has 0 aromatic rings. The average molecular weight is 237 g/mol. The van der Waals surface area contributed by atoms with Crippen molar-refractivity contribution in [1.29, 1.82) is 0 Å². The van der Waals surface area contributed by atoms with Crippen molar-refractivity contribution in [2.45, 2.75) is 84.1 Å². The quantitative estimate of drug-likeness (QED) is 0.761. The Morgan fingerprint density at radius 2 is 1.53 bits per heavy atom. The lowest BCUT2D eigenvalue weighted by atomic mass is 9.86. The maximum Gasteiger partial charge on any atom is 0.0118 e. The van der Waals surface area contributed by atoms with Gasteiger partial charge in [-0.1, -0.05) is 52.4 Å². The van der Waals surface area contributed by atoms with Gasteiger partial charge in [0.15, 0.2) is 0 Å². The van der Waals surface area contributed by atoms with Gasteiger partial charge in [-0.25, -0.2) is 0 Å². The maximum atomic E-state index is 3.89. The van der Waals surface area contributed by atoms with Crippen LogP contribution in [0.15, 0.2) is 0 Å². The number of hydrogen-bond acceptors (Lipinski definition) is 1. The lowest BCUT2D eigenvalue weighted by Crippen LogP contribution is -2.40. The topological polar surface area (TPSA) is 12.0 Å². The first kappa shape index (κ1) is 13.4. The summed E-state index contributed by atoms with van der Waals surface area (Å²) in [4.78, 5) is 0. The molecule has 0 heterocycles. The van der Waals surface area contributed by atoms with Gasteiger partial charge >= 0.3 is 0 Å². The Morgan fingerprint density at radius 3 is 2.12 bits per heavy atom. The van der Waals surface area contributed by atoms with E-state index in [2.05, 4.69) is 19.2 Å². The summed E-state index contributed by atoms with van der Waals surface area (Å²) in [5, 5.41) is 3.89. The van der Waals surface area contributed by atoms with Crippen molar-refractivity contribution < 1.29 is 0 Å². The van der Waals surface area contributed by atoms with Crippen molar-refractivity contribution in [3.8, 4) is 0 Å². The molecule has 1 unspecified atom stereocenters. The third-order valence-corrected chi connectivity index (χ3v) is 5.13. The Balaban J connectivity index is 1.72. The highest BCUT2D eigenvalue weighted by Crippen LogP contribution is 2.37. The third-order valence-electron chi connectivity index (χ3n) is 5.13. The molecule has 100 valence electrons. The first-order valence-corrected chi connectivity index (χ1v) is 7.92. The molecule has 1 heteroatoms. The SMILES string of the molecule is CC1(C)CCCC1NCC1CCCCCCC1. The lowest BCUT2D eigenvalue weighted by Gasteiger charge is -2.30. The van der Waals surface area contributed by atoms with Crippen molar-refractivity contribution in [2.75, 3.05) is 6.54 Å². The molecule has 0 amide bonds. The first-order chi connectivity index (χ1) is 8.18. The molecule has 0 aromatic heterocycles. The number of hydrogen-bond donors (Lipinski definition) is 1. The summed E-state index contributed by atoms with van der Waals surface area (Å²) in [6.45, 7) is 6.17. The zero-order valence-electron chi connectivity index (χ0n) is 11.9. The molecule has 0 saturated heterocycles. The van der Waals surface area contributed by atoms with Gasteiger partial charge in [0.2, 0.25) is 0 Å². The zero-order valence-corrected chi connectivity index (χ0v) is 11.9. The van der Waals surface area contributed by atoms with Gasteiger partial charge in [-0.3, -0.25) is 0 Å². The van der Waals surface area contributed by atoms with Crippen LogP contribution in [0.3, 0.4) is 0 Å². The zero-order chi connectivity index (χ0) is 12.1. The minimum atomic E-state index is 0.543. The molecule has 1 atom stereocenters. The van der Waals surface area contributed by atoms with Crippen LogP contribution in [0, 0.1) is 11.3 Å². The smallest absolute Gasteiger partial charge is 0.0118 e. The highest BCUT2D eigenvalue weighted by atomic mass is 14.9. The van der Waals surface area contributed by atoms with Crippen molar-refractivity contribution >= 4 is 0 Å². The van der Waals surface area contributed by atoms with Crippen LogP contribution in [-0.2, 0) is 0 Å². The largest absolute Gasteiger partial charge is 0.313 e. The lowest BCUT2D eigenvalue weighted by molar-refractivity contribution is 0.258. The van der Waals surface area contributed by atoms with E-state index in [0.29, 0.717) is 5.41 Å². The molecule has 1 nitrogen and oxygen atoms in total. The summed E-state index contributed by atoms with van der Waals surface area (Å²) in [6, 6.07) is 0.785. The molecule has 0 aromatic carbocycles. The van der Waals surface area contributed by atoms with Crippen molar-refractivity contribution in [2.24, 2.45) is 11.3 Å². The Hall–Kier alpha value is -0.0400. The maximum absolute atomic E-state index is 3.89. The fraction of sp³-hybridized carbons (Fsp3) is 1.00. The van der Waals surface area contributed by atoms with Crippen LogP contribution in [0.4, 0.5) is 0 Å². The van der Waals surface area contributed by atoms with Gasteiger partial charge in [0.25, 0.3) is 0 Å². The highest BCUT2D eigenvalue weighted by Gasteiger charge is 2.34. The van der Waals surface area contributed by atoms with E-state index in [1.807, 2.05) is 0 Å². The van der Waals surface area contributed by atoms with E-state index >= 15 is 0 Å². The summed E-state index contributed by atoms with van der Waals surface area (Å²) < 4.78 is 0. The van der Waals surface area contributed by atoms with Gasteiger partial charge in [-0.15, -0.1) is 0 Å². The Labute approximate surface area is 108 Å². The van der Waals surface area contributed by atoms with Crippen molar-refractivity contribution in [3.63, 3.8) is 0 Å². The molecule has 2 aliphatic rings. The Kier molecular flexibility index (Phi) is 4.90. The minimum absolute atomic E-state index is 0.543. The molecule has 1 N–H and O–H groups in total. The molecule has 0 aliphatic heterocycles. The highest BCUT2D eigenvalue weighted by molar-refractivity contribution is 4.90. The molecule has 17 heavy (non-hydrogen) atoms. The molecular formula is C16H31N. The van der Waals surface area contributed by atoms with Gasteiger partial charge in [-0.2, -0.15) is 0 Å². The fourth-order valence-corrected chi connectivity index (χ4v) is 3.76. The second-order valence-electron chi connectivity index (χ2n) is 7.05. The third kappa shape index (κ3) is 3.98. The molecule has 2 rings (SSSR count). The molecular weight excluding hydrogens is 206 g/mol. The Morgan fingerprint density at radius 1 is 0.882 bits per heavy atom. The predicted molar refractivity (Wildman–Crippen MR) is 75.2 cm³/mol. The molecule has 2 saturated carbocycles. The van der Waals surface area contributed by atoms with E-state index in [0.717, 1.165) is 12.0 Å². The summed E-state index contributed by atoms with van der Waals surface area (Å²) in [5.41, 5.74) is 0.543. The summed E-state index contributed by atoms with van der Waals surface area (Å²) in [7, 11) is 0. The van der Waals surface area contributed by atoms with Crippen LogP contribution in [0.25, 0.3) is 0 Å². The van der Waals surface area contributed by atoms with E-state index in [-0.39, 0.29) is 0 Å². The average Bonchev–Trinajstić information content (AvgIpc) is 2.56. The van der Waals surface area contributed by atoms with E-state index in [1.165, 1.54) is 70.8 Å². The second kappa shape index (κ2) is 6.22. The normalized spacial score (nSPS) is 31.1. The monoisotopic (exact) mass is 237 g/mol. The second-order valence-corrected chi connectivity index (χ2v) is 7.05. The molecule has 2 aliphatic carbocycles. The van der Waals surface area contributed by atoms with Crippen LogP contribution in [0.1, 0.15) is 78.1 Å². The molecule has 0 radical (unpaired) electrons. The van der Waals surface area contributed by atoms with E-state index < -0.39 is 0 Å². The first-order valence-electron chi connectivity index (χ1n) is 7.92. The van der Waals surface area contributed by atoms with Crippen LogP contribution < -0.4 is 5.32 Å². The minimum Gasteiger partial charge on any atom is -0.313 e. The Bertz CT molecular complexity index is 214.